The third-order valence-corrected chi connectivity index (χ3v) is 6.40. The number of aromatic nitrogens is 3. The number of benzene rings is 2. The van der Waals surface area contributed by atoms with Crippen molar-refractivity contribution < 1.29 is 9.84 Å². The van der Waals surface area contributed by atoms with Crippen LogP contribution in [0.2, 0.25) is 0 Å². The second-order valence-corrected chi connectivity index (χ2v) is 10.4. The fourth-order valence-electron chi connectivity index (χ4n) is 4.96. The summed E-state index contributed by atoms with van der Waals surface area (Å²) in [7, 11) is 0. The van der Waals surface area contributed by atoms with Crippen LogP contribution in [0.1, 0.15) is 39.2 Å². The lowest BCUT2D eigenvalue weighted by molar-refractivity contribution is -0.171. The van der Waals surface area contributed by atoms with Gasteiger partial charge >= 0.3 is 0 Å². The molecule has 34 heavy (non-hydrogen) atoms. The van der Waals surface area contributed by atoms with Gasteiger partial charge in [0, 0.05) is 41.9 Å². The Morgan fingerprint density at radius 1 is 1.18 bits per heavy atom. The van der Waals surface area contributed by atoms with Crippen molar-refractivity contribution in [2.45, 2.75) is 64.6 Å². The number of anilines is 1. The number of likely N-dealkylation sites (tertiary alicyclic amines) is 1. The average molecular weight is 462 g/mol. The number of aromatic amines is 1. The molecule has 0 aliphatic carbocycles. The Labute approximate surface area is 200 Å². The van der Waals surface area contributed by atoms with Crippen molar-refractivity contribution in [1.29, 1.82) is 0 Å². The minimum atomic E-state index is -0.831. The molecule has 0 radical (unpaired) electrons. The molecule has 0 spiro atoms. The average Bonchev–Trinajstić information content (AvgIpc) is 3.39. The van der Waals surface area contributed by atoms with Crippen LogP contribution in [0.25, 0.3) is 21.8 Å². The van der Waals surface area contributed by atoms with Crippen LogP contribution in [0.15, 0.2) is 54.9 Å². The number of nitrogens with zero attached hydrogens (tertiary/aromatic N) is 3. The van der Waals surface area contributed by atoms with E-state index < -0.39 is 6.29 Å². The van der Waals surface area contributed by atoms with Crippen LogP contribution >= 0.6 is 0 Å². The van der Waals surface area contributed by atoms with Crippen LogP contribution in [0.3, 0.4) is 0 Å². The van der Waals surface area contributed by atoms with Gasteiger partial charge in [-0.3, -0.25) is 10.00 Å². The zero-order valence-corrected chi connectivity index (χ0v) is 20.3. The van der Waals surface area contributed by atoms with Gasteiger partial charge in [-0.15, -0.1) is 0 Å². The normalized spacial score (nSPS) is 18.5. The molecule has 3 N–H and O–H groups in total. The molecule has 2 aromatic heterocycles. The molecule has 0 bridgehead atoms. The fraction of sp³-hybridized carbons (Fsp3) is 0.444. The highest BCUT2D eigenvalue weighted by atomic mass is 16.6. The van der Waals surface area contributed by atoms with E-state index in [0.717, 1.165) is 41.7 Å². The van der Waals surface area contributed by atoms with E-state index in [4.69, 9.17) is 4.74 Å². The summed E-state index contributed by atoms with van der Waals surface area (Å²) in [5.41, 5.74) is 4.28. The maximum atomic E-state index is 10.3. The minimum absolute atomic E-state index is 0.372. The number of piperidine rings is 1. The molecule has 2 unspecified atom stereocenters. The number of nitrogens with one attached hydrogen (secondary N) is 2. The summed E-state index contributed by atoms with van der Waals surface area (Å²) in [6.07, 6.45) is 5.44. The van der Waals surface area contributed by atoms with Gasteiger partial charge in [-0.05, 0) is 87.5 Å². The summed E-state index contributed by atoms with van der Waals surface area (Å²) >= 11 is 0. The summed E-state index contributed by atoms with van der Waals surface area (Å²) < 4.78 is 7.73. The summed E-state index contributed by atoms with van der Waals surface area (Å²) in [6, 6.07) is 15.6. The second-order valence-electron chi connectivity index (χ2n) is 10.4. The lowest BCUT2D eigenvalue weighted by Gasteiger charge is -2.33. The van der Waals surface area contributed by atoms with Gasteiger partial charge in [-0.25, -0.2) is 0 Å². The molecule has 0 saturated carbocycles. The first-order chi connectivity index (χ1) is 16.3. The zero-order chi connectivity index (χ0) is 23.7. The zero-order valence-electron chi connectivity index (χ0n) is 20.3. The van der Waals surface area contributed by atoms with Crippen LogP contribution in [-0.2, 0) is 17.8 Å². The number of hydrogen-bond donors (Lipinski definition) is 3. The molecule has 3 heterocycles. The van der Waals surface area contributed by atoms with Crippen LogP contribution in [-0.4, -0.2) is 55.8 Å². The molecule has 1 fully saturated rings. The summed E-state index contributed by atoms with van der Waals surface area (Å²) in [5.74, 6) is 0. The molecule has 7 heteroatoms. The molecule has 5 rings (SSSR count). The maximum Gasteiger partial charge on any atom is 0.173 e. The monoisotopic (exact) mass is 461 g/mol. The quantitative estimate of drug-likeness (QED) is 0.347. The third kappa shape index (κ3) is 5.43. The highest BCUT2D eigenvalue weighted by Crippen LogP contribution is 2.23. The number of rotatable bonds is 7. The van der Waals surface area contributed by atoms with Gasteiger partial charge in [-0.1, -0.05) is 6.07 Å². The van der Waals surface area contributed by atoms with E-state index in [-0.39, 0.29) is 5.60 Å². The Morgan fingerprint density at radius 2 is 2.06 bits per heavy atom. The van der Waals surface area contributed by atoms with Gasteiger partial charge in [-0.2, -0.15) is 5.10 Å². The summed E-state index contributed by atoms with van der Waals surface area (Å²) in [6.45, 7) is 9.37. The molecular formula is C27H35N5O2. The van der Waals surface area contributed by atoms with E-state index in [0.29, 0.717) is 12.6 Å². The Kier molecular flexibility index (Phi) is 6.34. The number of H-pyrrole nitrogens is 1. The van der Waals surface area contributed by atoms with Crippen molar-refractivity contribution in [3.63, 3.8) is 0 Å². The molecule has 0 amide bonds. The van der Waals surface area contributed by atoms with Gasteiger partial charge in [0.2, 0.25) is 0 Å². The van der Waals surface area contributed by atoms with Crippen molar-refractivity contribution >= 4 is 27.5 Å². The molecular weight excluding hydrogens is 426 g/mol. The van der Waals surface area contributed by atoms with Gasteiger partial charge < -0.3 is 19.7 Å². The van der Waals surface area contributed by atoms with E-state index in [1.807, 2.05) is 33.2 Å². The Morgan fingerprint density at radius 3 is 2.91 bits per heavy atom. The Hall–Kier alpha value is -2.87. The van der Waals surface area contributed by atoms with Crippen molar-refractivity contribution in [1.82, 2.24) is 19.7 Å². The molecule has 7 nitrogen and oxygen atoms in total. The highest BCUT2D eigenvalue weighted by molar-refractivity contribution is 5.82. The molecule has 2 atom stereocenters. The third-order valence-electron chi connectivity index (χ3n) is 6.40. The van der Waals surface area contributed by atoms with Gasteiger partial charge in [0.05, 0.1) is 23.9 Å². The van der Waals surface area contributed by atoms with Gasteiger partial charge in [0.1, 0.15) is 0 Å². The number of hydrogen-bond acceptors (Lipinski definition) is 5. The van der Waals surface area contributed by atoms with E-state index in [9.17, 15) is 5.11 Å². The SMILES string of the molecule is CC(C)(C)OC(O)Cn1ccc2cc(CN3CCCC(Nc4ccc5[nH]ncc5c4)C3)ccc21. The lowest BCUT2D eigenvalue weighted by atomic mass is 10.0. The van der Waals surface area contributed by atoms with Crippen LogP contribution in [0, 0.1) is 0 Å². The molecule has 4 aromatic rings. The predicted molar refractivity (Wildman–Crippen MR) is 137 cm³/mol. The van der Waals surface area contributed by atoms with Crippen molar-refractivity contribution in [2.75, 3.05) is 18.4 Å². The summed E-state index contributed by atoms with van der Waals surface area (Å²) in [4.78, 5) is 2.54. The van der Waals surface area contributed by atoms with Crippen LogP contribution < -0.4 is 5.32 Å². The largest absolute Gasteiger partial charge is 0.381 e. The number of aliphatic hydroxyl groups is 1. The minimum Gasteiger partial charge on any atom is -0.381 e. The predicted octanol–water partition coefficient (Wildman–Crippen LogP) is 4.73. The molecule has 2 aromatic carbocycles. The topological polar surface area (TPSA) is 78.3 Å². The van der Waals surface area contributed by atoms with E-state index >= 15 is 0 Å². The highest BCUT2D eigenvalue weighted by Gasteiger charge is 2.21. The van der Waals surface area contributed by atoms with Gasteiger partial charge in [0.15, 0.2) is 6.29 Å². The van der Waals surface area contributed by atoms with Crippen molar-refractivity contribution in [2.24, 2.45) is 0 Å². The molecule has 180 valence electrons. The maximum absolute atomic E-state index is 10.3. The van der Waals surface area contributed by atoms with E-state index in [2.05, 4.69) is 67.4 Å². The number of aliphatic hydroxyl groups excluding tert-OH is 1. The second kappa shape index (κ2) is 9.41. The first-order valence-electron chi connectivity index (χ1n) is 12.2. The van der Waals surface area contributed by atoms with Crippen molar-refractivity contribution in [3.8, 4) is 0 Å². The van der Waals surface area contributed by atoms with Gasteiger partial charge in [0.25, 0.3) is 0 Å². The summed E-state index contributed by atoms with van der Waals surface area (Å²) in [5, 5.41) is 23.5. The molecule has 1 aliphatic heterocycles. The van der Waals surface area contributed by atoms with Crippen LogP contribution in [0.4, 0.5) is 5.69 Å². The fourth-order valence-corrected chi connectivity index (χ4v) is 4.96. The molecule has 1 saturated heterocycles. The first-order valence-corrected chi connectivity index (χ1v) is 12.2. The molecule has 1 aliphatic rings. The van der Waals surface area contributed by atoms with Crippen LogP contribution in [0.5, 0.6) is 0 Å². The smallest absolute Gasteiger partial charge is 0.173 e. The Balaban J connectivity index is 1.21. The van der Waals surface area contributed by atoms with E-state index in [1.165, 1.54) is 23.8 Å². The number of fused-ring (bicyclic) bond motifs is 2. The van der Waals surface area contributed by atoms with E-state index in [1.54, 1.807) is 0 Å². The Bertz CT molecular complexity index is 1250. The first kappa shape index (κ1) is 22.9. The standard InChI is InChI=1S/C27H35N5O2/c1-27(2,3)34-26(33)18-32-12-10-20-13-19(6-9-25(20)32)16-31-11-4-5-23(17-31)29-22-7-8-24-21(14-22)15-28-30-24/h6-10,12-15,23,26,29,33H,4-5,11,16-18H2,1-3H3,(H,28,30). The van der Waals surface area contributed by atoms with Crippen molar-refractivity contribution in [3.05, 3.63) is 60.4 Å². The lowest BCUT2D eigenvalue weighted by Crippen LogP contribution is -2.41. The number of ether oxygens (including phenoxy) is 1.